The second-order valence-corrected chi connectivity index (χ2v) is 6.59. The number of hydrogen-bond acceptors (Lipinski definition) is 4. The zero-order valence-electron chi connectivity index (χ0n) is 13.1. The molecule has 2 fully saturated rings. The van der Waals surface area contributed by atoms with Crippen LogP contribution in [0.25, 0.3) is 0 Å². The summed E-state index contributed by atoms with van der Waals surface area (Å²) in [7, 11) is 1.31. The molecule has 3 N–H and O–H groups in total. The lowest BCUT2D eigenvalue weighted by Crippen LogP contribution is -2.51. The van der Waals surface area contributed by atoms with Crippen LogP contribution in [0.1, 0.15) is 33.1 Å². The molecule has 1 aliphatic carbocycles. The van der Waals surface area contributed by atoms with Gasteiger partial charge in [-0.2, -0.15) is 0 Å². The van der Waals surface area contributed by atoms with Gasteiger partial charge >= 0.3 is 6.09 Å². The number of ether oxygens (including phenoxy) is 1. The molecule has 120 valence electrons. The van der Waals surface area contributed by atoms with Gasteiger partial charge in [0.05, 0.1) is 7.11 Å². The topological polar surface area (TPSA) is 79.5 Å². The van der Waals surface area contributed by atoms with Crippen LogP contribution >= 0.6 is 0 Å². The first kappa shape index (κ1) is 16.1. The molecular formula is C15H27N3O3. The predicted octanol–water partition coefficient (Wildman–Crippen LogP) is 0.871. The fourth-order valence-corrected chi connectivity index (χ4v) is 3.51. The first-order valence-corrected chi connectivity index (χ1v) is 7.86. The van der Waals surface area contributed by atoms with Crippen molar-refractivity contribution >= 4 is 12.0 Å². The fourth-order valence-electron chi connectivity index (χ4n) is 3.51. The average Bonchev–Trinajstić information content (AvgIpc) is 3.02. The molecule has 0 radical (unpaired) electrons. The molecule has 1 aliphatic heterocycles. The van der Waals surface area contributed by atoms with E-state index in [1.54, 1.807) is 0 Å². The zero-order valence-corrected chi connectivity index (χ0v) is 13.1. The molecule has 1 saturated carbocycles. The SMILES string of the molecule is COC(=O)N[C@@H](CC(C)C)C(=O)N[C@@H]1CC[C@H]2CNC[C@H]21. The first-order valence-electron chi connectivity index (χ1n) is 7.86. The normalized spacial score (nSPS) is 29.0. The highest BCUT2D eigenvalue weighted by atomic mass is 16.5. The second-order valence-electron chi connectivity index (χ2n) is 6.59. The Morgan fingerprint density at radius 3 is 2.71 bits per heavy atom. The van der Waals surface area contributed by atoms with Crippen molar-refractivity contribution in [3.05, 3.63) is 0 Å². The molecule has 1 heterocycles. The molecule has 0 spiro atoms. The van der Waals surface area contributed by atoms with Crippen molar-refractivity contribution in [3.8, 4) is 0 Å². The molecule has 0 aromatic carbocycles. The van der Waals surface area contributed by atoms with Gasteiger partial charge in [-0.1, -0.05) is 13.8 Å². The molecule has 1 saturated heterocycles. The van der Waals surface area contributed by atoms with Crippen LogP contribution in [-0.2, 0) is 9.53 Å². The van der Waals surface area contributed by atoms with Crippen LogP contribution in [-0.4, -0.2) is 44.3 Å². The molecular weight excluding hydrogens is 270 g/mol. The Bertz CT molecular complexity index is 386. The Labute approximate surface area is 126 Å². The highest BCUT2D eigenvalue weighted by Crippen LogP contribution is 2.34. The number of carbonyl (C=O) groups excluding carboxylic acids is 2. The fraction of sp³-hybridized carbons (Fsp3) is 0.867. The van der Waals surface area contributed by atoms with Crippen molar-refractivity contribution in [1.82, 2.24) is 16.0 Å². The summed E-state index contributed by atoms with van der Waals surface area (Å²) in [4.78, 5) is 23.9. The van der Waals surface area contributed by atoms with Crippen LogP contribution in [0.15, 0.2) is 0 Å². The molecule has 2 aliphatic rings. The molecule has 0 aromatic heterocycles. The molecule has 0 aromatic rings. The number of rotatable bonds is 5. The van der Waals surface area contributed by atoms with E-state index in [-0.39, 0.29) is 11.9 Å². The Balaban J connectivity index is 1.92. The maximum absolute atomic E-state index is 12.5. The second kappa shape index (κ2) is 7.11. The van der Waals surface area contributed by atoms with Gasteiger partial charge in [0.2, 0.25) is 5.91 Å². The van der Waals surface area contributed by atoms with E-state index in [1.165, 1.54) is 13.5 Å². The minimum atomic E-state index is -0.553. The van der Waals surface area contributed by atoms with Crippen molar-refractivity contribution in [1.29, 1.82) is 0 Å². The van der Waals surface area contributed by atoms with E-state index in [0.717, 1.165) is 19.5 Å². The zero-order chi connectivity index (χ0) is 15.4. The Morgan fingerprint density at radius 2 is 2.05 bits per heavy atom. The number of amides is 2. The molecule has 0 unspecified atom stereocenters. The van der Waals surface area contributed by atoms with Crippen LogP contribution in [0.5, 0.6) is 0 Å². The van der Waals surface area contributed by atoms with Crippen molar-refractivity contribution in [2.45, 2.75) is 45.2 Å². The van der Waals surface area contributed by atoms with Crippen LogP contribution in [0.3, 0.4) is 0 Å². The monoisotopic (exact) mass is 297 g/mol. The number of fused-ring (bicyclic) bond motifs is 1. The van der Waals surface area contributed by atoms with Crippen molar-refractivity contribution in [2.24, 2.45) is 17.8 Å². The van der Waals surface area contributed by atoms with Gasteiger partial charge in [-0.15, -0.1) is 0 Å². The highest BCUT2D eigenvalue weighted by Gasteiger charge is 2.40. The maximum Gasteiger partial charge on any atom is 0.407 e. The summed E-state index contributed by atoms with van der Waals surface area (Å²) in [6, 6.07) is -0.294. The third-order valence-electron chi connectivity index (χ3n) is 4.59. The van der Waals surface area contributed by atoms with E-state index in [0.29, 0.717) is 24.2 Å². The van der Waals surface area contributed by atoms with Gasteiger partial charge in [-0.3, -0.25) is 4.79 Å². The van der Waals surface area contributed by atoms with E-state index < -0.39 is 12.1 Å². The highest BCUT2D eigenvalue weighted by molar-refractivity contribution is 5.85. The van der Waals surface area contributed by atoms with E-state index in [4.69, 9.17) is 0 Å². The van der Waals surface area contributed by atoms with E-state index in [2.05, 4.69) is 20.7 Å². The lowest BCUT2D eigenvalue weighted by atomic mass is 9.97. The Morgan fingerprint density at radius 1 is 1.29 bits per heavy atom. The van der Waals surface area contributed by atoms with Gasteiger partial charge < -0.3 is 20.7 Å². The summed E-state index contributed by atoms with van der Waals surface area (Å²) in [5.74, 6) is 1.45. The van der Waals surface area contributed by atoms with Crippen molar-refractivity contribution in [3.63, 3.8) is 0 Å². The van der Waals surface area contributed by atoms with Crippen molar-refractivity contribution < 1.29 is 14.3 Å². The summed E-state index contributed by atoms with van der Waals surface area (Å²) in [5.41, 5.74) is 0. The third-order valence-corrected chi connectivity index (χ3v) is 4.59. The van der Waals surface area contributed by atoms with Gasteiger partial charge in [-0.25, -0.2) is 4.79 Å². The number of methoxy groups -OCH3 is 1. The molecule has 6 nitrogen and oxygen atoms in total. The average molecular weight is 297 g/mol. The van der Waals surface area contributed by atoms with E-state index in [9.17, 15) is 9.59 Å². The summed E-state index contributed by atoms with van der Waals surface area (Å²) in [6.45, 7) is 6.11. The van der Waals surface area contributed by atoms with Crippen LogP contribution in [0.2, 0.25) is 0 Å². The Kier molecular flexibility index (Phi) is 5.45. The Hall–Kier alpha value is -1.30. The third kappa shape index (κ3) is 4.09. The van der Waals surface area contributed by atoms with Crippen LogP contribution < -0.4 is 16.0 Å². The quantitative estimate of drug-likeness (QED) is 0.703. The summed E-state index contributed by atoms with van der Waals surface area (Å²) in [5, 5.41) is 9.17. The van der Waals surface area contributed by atoms with Gasteiger partial charge in [0.15, 0.2) is 0 Å². The molecule has 21 heavy (non-hydrogen) atoms. The van der Waals surface area contributed by atoms with Gasteiger partial charge in [0, 0.05) is 12.6 Å². The first-order chi connectivity index (χ1) is 10.0. The molecule has 6 heteroatoms. The van der Waals surface area contributed by atoms with Gasteiger partial charge in [0.1, 0.15) is 6.04 Å². The van der Waals surface area contributed by atoms with E-state index >= 15 is 0 Å². The summed E-state index contributed by atoms with van der Waals surface area (Å²) < 4.78 is 4.61. The minimum Gasteiger partial charge on any atom is -0.453 e. The lowest BCUT2D eigenvalue weighted by molar-refractivity contribution is -0.124. The molecule has 2 rings (SSSR count). The molecule has 0 bridgehead atoms. The van der Waals surface area contributed by atoms with Crippen LogP contribution in [0, 0.1) is 17.8 Å². The maximum atomic E-state index is 12.5. The number of hydrogen-bond donors (Lipinski definition) is 3. The largest absolute Gasteiger partial charge is 0.453 e. The molecule has 4 atom stereocenters. The van der Waals surface area contributed by atoms with Crippen LogP contribution in [0.4, 0.5) is 4.79 Å². The number of carbonyl (C=O) groups is 2. The van der Waals surface area contributed by atoms with Crippen molar-refractivity contribution in [2.75, 3.05) is 20.2 Å². The number of nitrogens with one attached hydrogen (secondary N) is 3. The molecule has 2 amide bonds. The number of alkyl carbamates (subject to hydrolysis) is 1. The minimum absolute atomic E-state index is 0.0911. The van der Waals surface area contributed by atoms with Gasteiger partial charge in [-0.05, 0) is 43.6 Å². The standard InChI is InChI=1S/C15H27N3O3/c1-9(2)6-13(18-15(20)21-3)14(19)17-12-5-4-10-7-16-8-11(10)12/h9-13,16H,4-8H2,1-3H3,(H,17,19)(H,18,20)/t10-,11+,12+,13-/m0/s1. The smallest absolute Gasteiger partial charge is 0.407 e. The summed E-state index contributed by atoms with van der Waals surface area (Å²) >= 11 is 0. The van der Waals surface area contributed by atoms with E-state index in [1.807, 2.05) is 13.8 Å². The lowest BCUT2D eigenvalue weighted by Gasteiger charge is -2.24. The van der Waals surface area contributed by atoms with Gasteiger partial charge in [0.25, 0.3) is 0 Å². The summed E-state index contributed by atoms with van der Waals surface area (Å²) in [6.07, 6.45) is 2.26. The predicted molar refractivity (Wildman–Crippen MR) is 79.8 cm³/mol.